The first-order chi connectivity index (χ1) is 9.13. The van der Waals surface area contributed by atoms with Gasteiger partial charge in [0.15, 0.2) is 0 Å². The molecule has 0 heterocycles. The fraction of sp³-hybridized carbons (Fsp3) is 0.235. The molecule has 2 nitrogen and oxygen atoms in total. The van der Waals surface area contributed by atoms with Gasteiger partial charge in [-0.15, -0.1) is 0 Å². The van der Waals surface area contributed by atoms with Gasteiger partial charge in [-0.2, -0.15) is 0 Å². The zero-order valence-electron chi connectivity index (χ0n) is 11.7. The minimum absolute atomic E-state index is 0.211. The predicted molar refractivity (Wildman–Crippen MR) is 78.9 cm³/mol. The van der Waals surface area contributed by atoms with E-state index in [0.29, 0.717) is 6.61 Å². The number of rotatable bonds is 2. The number of hydrogen-bond acceptors (Lipinski definition) is 2. The lowest BCUT2D eigenvalue weighted by atomic mass is 10.0. The van der Waals surface area contributed by atoms with Crippen LogP contribution >= 0.6 is 0 Å². The first-order valence-corrected chi connectivity index (χ1v) is 6.39. The highest BCUT2D eigenvalue weighted by atomic mass is 16.5. The Kier molecular flexibility index (Phi) is 6.37. The SMILES string of the molecule is CCOC(C)=O.Cc1cccc(-c2ccccc2)c1. The van der Waals surface area contributed by atoms with Gasteiger partial charge in [-0.3, -0.25) is 4.79 Å². The van der Waals surface area contributed by atoms with Crippen LogP contribution in [0.15, 0.2) is 54.6 Å². The molecule has 0 atom stereocenters. The Morgan fingerprint density at radius 3 is 2.11 bits per heavy atom. The van der Waals surface area contributed by atoms with E-state index in [0.717, 1.165) is 0 Å². The fourth-order valence-electron chi connectivity index (χ4n) is 1.66. The highest BCUT2D eigenvalue weighted by molar-refractivity contribution is 5.65. The molecule has 0 bridgehead atoms. The average Bonchev–Trinajstić information content (AvgIpc) is 2.40. The first-order valence-electron chi connectivity index (χ1n) is 6.39. The molecule has 100 valence electrons. The molecular weight excluding hydrogens is 236 g/mol. The number of aryl methyl sites for hydroxylation is 1. The van der Waals surface area contributed by atoms with Crippen molar-refractivity contribution in [2.45, 2.75) is 20.8 Å². The topological polar surface area (TPSA) is 26.3 Å². The van der Waals surface area contributed by atoms with Crippen molar-refractivity contribution in [3.8, 4) is 11.1 Å². The molecule has 0 fully saturated rings. The summed E-state index contributed by atoms with van der Waals surface area (Å²) in [6.07, 6.45) is 0. The van der Waals surface area contributed by atoms with Gasteiger partial charge >= 0.3 is 5.97 Å². The number of benzene rings is 2. The maximum absolute atomic E-state index is 9.82. The molecule has 0 aliphatic carbocycles. The van der Waals surface area contributed by atoms with E-state index in [4.69, 9.17) is 0 Å². The quantitative estimate of drug-likeness (QED) is 0.751. The Morgan fingerprint density at radius 2 is 1.63 bits per heavy atom. The van der Waals surface area contributed by atoms with Crippen LogP contribution in [0, 0.1) is 6.92 Å². The number of carbonyl (C=O) groups excluding carboxylic acids is 1. The summed E-state index contributed by atoms with van der Waals surface area (Å²) in [5.74, 6) is -0.211. The highest BCUT2D eigenvalue weighted by Crippen LogP contribution is 2.19. The summed E-state index contributed by atoms with van der Waals surface area (Å²) in [5, 5.41) is 0. The largest absolute Gasteiger partial charge is 0.466 e. The predicted octanol–water partition coefficient (Wildman–Crippen LogP) is 4.23. The van der Waals surface area contributed by atoms with Crippen molar-refractivity contribution in [2.75, 3.05) is 6.61 Å². The molecule has 0 unspecified atom stereocenters. The number of carbonyl (C=O) groups is 1. The van der Waals surface area contributed by atoms with E-state index in [1.165, 1.54) is 23.6 Å². The highest BCUT2D eigenvalue weighted by Gasteiger charge is 1.94. The first kappa shape index (κ1) is 15.0. The van der Waals surface area contributed by atoms with Crippen molar-refractivity contribution in [2.24, 2.45) is 0 Å². The summed E-state index contributed by atoms with van der Waals surface area (Å²) < 4.78 is 4.40. The van der Waals surface area contributed by atoms with Crippen molar-refractivity contribution >= 4 is 5.97 Å². The van der Waals surface area contributed by atoms with Gasteiger partial charge < -0.3 is 4.74 Å². The maximum atomic E-state index is 9.82. The second-order valence-electron chi connectivity index (χ2n) is 4.16. The summed E-state index contributed by atoms with van der Waals surface area (Å²) in [5.41, 5.74) is 3.88. The Bertz CT molecular complexity index is 504. The van der Waals surface area contributed by atoms with Gasteiger partial charge in [-0.1, -0.05) is 60.2 Å². The normalized spacial score (nSPS) is 9.21. The van der Waals surface area contributed by atoms with E-state index >= 15 is 0 Å². The molecule has 2 aromatic carbocycles. The van der Waals surface area contributed by atoms with Crippen LogP contribution in [0.5, 0.6) is 0 Å². The standard InChI is InChI=1S/C13H12.C4H8O2/c1-11-6-5-9-13(10-11)12-7-3-2-4-8-12;1-3-6-4(2)5/h2-10H,1H3;3H2,1-2H3. The third-order valence-electron chi connectivity index (χ3n) is 2.47. The number of hydrogen-bond donors (Lipinski definition) is 0. The summed E-state index contributed by atoms with van der Waals surface area (Å²) in [7, 11) is 0. The van der Waals surface area contributed by atoms with Gasteiger partial charge in [0.25, 0.3) is 0 Å². The summed E-state index contributed by atoms with van der Waals surface area (Å²) in [6, 6.07) is 19.0. The van der Waals surface area contributed by atoms with Crippen LogP contribution in [0.4, 0.5) is 0 Å². The summed E-state index contributed by atoms with van der Waals surface area (Å²) in [4.78, 5) is 9.82. The molecule has 0 aliphatic rings. The molecule has 2 heteroatoms. The molecule has 19 heavy (non-hydrogen) atoms. The molecule has 0 radical (unpaired) electrons. The lowest BCUT2D eigenvalue weighted by molar-refractivity contribution is -0.140. The zero-order valence-corrected chi connectivity index (χ0v) is 11.7. The maximum Gasteiger partial charge on any atom is 0.302 e. The van der Waals surface area contributed by atoms with E-state index in [9.17, 15) is 4.79 Å². The zero-order chi connectivity index (χ0) is 14.1. The van der Waals surface area contributed by atoms with Crippen molar-refractivity contribution in [3.63, 3.8) is 0 Å². The van der Waals surface area contributed by atoms with Crippen LogP contribution in [0.25, 0.3) is 11.1 Å². The Morgan fingerprint density at radius 1 is 1.00 bits per heavy atom. The third kappa shape index (κ3) is 5.87. The molecule has 2 aromatic rings. The molecule has 2 rings (SSSR count). The average molecular weight is 256 g/mol. The smallest absolute Gasteiger partial charge is 0.302 e. The van der Waals surface area contributed by atoms with Crippen molar-refractivity contribution in [3.05, 3.63) is 60.2 Å². The lowest BCUT2D eigenvalue weighted by Crippen LogP contribution is -1.95. The summed E-state index contributed by atoms with van der Waals surface area (Å²) in [6.45, 7) is 5.77. The Labute approximate surface area is 115 Å². The molecule has 0 amide bonds. The molecule has 0 spiro atoms. The van der Waals surface area contributed by atoms with E-state index < -0.39 is 0 Å². The van der Waals surface area contributed by atoms with Gasteiger partial charge in [0.1, 0.15) is 0 Å². The van der Waals surface area contributed by atoms with Crippen LogP contribution < -0.4 is 0 Å². The van der Waals surface area contributed by atoms with Gasteiger partial charge in [0.2, 0.25) is 0 Å². The Balaban J connectivity index is 0.000000258. The van der Waals surface area contributed by atoms with Crippen LogP contribution in [0.2, 0.25) is 0 Å². The second kappa shape index (κ2) is 8.09. The van der Waals surface area contributed by atoms with Crippen molar-refractivity contribution in [1.29, 1.82) is 0 Å². The minimum Gasteiger partial charge on any atom is -0.466 e. The van der Waals surface area contributed by atoms with Crippen LogP contribution in [0.1, 0.15) is 19.4 Å². The van der Waals surface area contributed by atoms with Crippen molar-refractivity contribution < 1.29 is 9.53 Å². The van der Waals surface area contributed by atoms with Gasteiger partial charge in [-0.05, 0) is 25.0 Å². The van der Waals surface area contributed by atoms with E-state index in [1.54, 1.807) is 6.92 Å². The van der Waals surface area contributed by atoms with E-state index in [-0.39, 0.29) is 5.97 Å². The van der Waals surface area contributed by atoms with Crippen LogP contribution in [-0.2, 0) is 9.53 Å². The molecule has 0 saturated heterocycles. The molecule has 0 aromatic heterocycles. The Hall–Kier alpha value is -2.09. The molecule has 0 aliphatic heterocycles. The second-order valence-corrected chi connectivity index (χ2v) is 4.16. The lowest BCUT2D eigenvalue weighted by Gasteiger charge is -2.01. The number of esters is 1. The van der Waals surface area contributed by atoms with Crippen LogP contribution in [0.3, 0.4) is 0 Å². The third-order valence-corrected chi connectivity index (χ3v) is 2.47. The van der Waals surface area contributed by atoms with Gasteiger partial charge in [0.05, 0.1) is 6.61 Å². The van der Waals surface area contributed by atoms with Gasteiger partial charge in [0, 0.05) is 6.92 Å². The van der Waals surface area contributed by atoms with Gasteiger partial charge in [-0.25, -0.2) is 0 Å². The summed E-state index contributed by atoms with van der Waals surface area (Å²) >= 11 is 0. The van der Waals surface area contributed by atoms with E-state index in [2.05, 4.69) is 60.2 Å². The minimum atomic E-state index is -0.211. The number of ether oxygens (including phenoxy) is 1. The molecule has 0 saturated carbocycles. The fourth-order valence-corrected chi connectivity index (χ4v) is 1.66. The van der Waals surface area contributed by atoms with Crippen molar-refractivity contribution in [1.82, 2.24) is 0 Å². The monoisotopic (exact) mass is 256 g/mol. The van der Waals surface area contributed by atoms with E-state index in [1.807, 2.05) is 6.07 Å². The molecule has 0 N–H and O–H groups in total. The molecular formula is C17H20O2. The van der Waals surface area contributed by atoms with Crippen LogP contribution in [-0.4, -0.2) is 12.6 Å².